The van der Waals surface area contributed by atoms with Gasteiger partial charge in [0.2, 0.25) is 0 Å². The van der Waals surface area contributed by atoms with Crippen molar-refractivity contribution in [2.45, 2.75) is 44.7 Å². The molecule has 24 heavy (non-hydrogen) atoms. The highest BCUT2D eigenvalue weighted by Crippen LogP contribution is 2.18. The lowest BCUT2D eigenvalue weighted by Gasteiger charge is -2.35. The smallest absolute Gasteiger partial charge is 0.151 e. The Morgan fingerprint density at radius 3 is 2.88 bits per heavy atom. The number of piperidine rings is 1. The molecule has 1 aromatic carbocycles. The molecule has 3 rings (SSSR count). The Morgan fingerprint density at radius 1 is 1.29 bits per heavy atom. The van der Waals surface area contributed by atoms with Gasteiger partial charge in [-0.15, -0.1) is 5.10 Å². The molecule has 1 aromatic heterocycles. The van der Waals surface area contributed by atoms with E-state index in [4.69, 9.17) is 0 Å². The number of nitrogens with one attached hydrogen (secondary N) is 1. The molecular formula is C19H26N4O. The van der Waals surface area contributed by atoms with Crippen LogP contribution in [0.3, 0.4) is 0 Å². The summed E-state index contributed by atoms with van der Waals surface area (Å²) in [5.41, 5.74) is 1.27. The predicted molar refractivity (Wildman–Crippen MR) is 96.3 cm³/mol. The maximum atomic E-state index is 9.34. The molecule has 0 amide bonds. The first-order valence-electron chi connectivity index (χ1n) is 8.77. The molecular weight excluding hydrogens is 300 g/mol. The van der Waals surface area contributed by atoms with Gasteiger partial charge in [0.25, 0.3) is 0 Å². The van der Waals surface area contributed by atoms with E-state index in [-0.39, 0.29) is 0 Å². The topological polar surface area (TPSA) is 61.3 Å². The monoisotopic (exact) mass is 326 g/mol. The molecule has 1 aliphatic rings. The Balaban J connectivity index is 1.47. The van der Waals surface area contributed by atoms with Crippen LogP contribution in [-0.4, -0.2) is 40.5 Å². The second-order valence-electron chi connectivity index (χ2n) is 6.64. The summed E-state index contributed by atoms with van der Waals surface area (Å²) in [7, 11) is 0. The third kappa shape index (κ3) is 4.68. The highest BCUT2D eigenvalue weighted by Gasteiger charge is 2.22. The number of hydrogen-bond acceptors (Lipinski definition) is 5. The van der Waals surface area contributed by atoms with Crippen molar-refractivity contribution < 1.29 is 5.11 Å². The van der Waals surface area contributed by atoms with Gasteiger partial charge in [0, 0.05) is 31.4 Å². The molecule has 2 N–H and O–H groups in total. The van der Waals surface area contributed by atoms with Crippen molar-refractivity contribution >= 4 is 5.82 Å². The quantitative estimate of drug-likeness (QED) is 0.855. The molecule has 2 aromatic rings. The van der Waals surface area contributed by atoms with Crippen LogP contribution in [0.2, 0.25) is 0 Å². The van der Waals surface area contributed by atoms with E-state index in [9.17, 15) is 5.11 Å². The lowest BCUT2D eigenvalue weighted by atomic mass is 10.0. The first-order chi connectivity index (χ1) is 11.7. The summed E-state index contributed by atoms with van der Waals surface area (Å²) in [5, 5.41) is 21.3. The Kier molecular flexibility index (Phi) is 5.64. The molecule has 2 atom stereocenters. The van der Waals surface area contributed by atoms with Crippen LogP contribution in [0.15, 0.2) is 42.6 Å². The number of anilines is 1. The van der Waals surface area contributed by atoms with Crippen LogP contribution in [0.25, 0.3) is 0 Å². The summed E-state index contributed by atoms with van der Waals surface area (Å²) in [4.78, 5) is 2.32. The highest BCUT2D eigenvalue weighted by molar-refractivity contribution is 5.37. The number of rotatable bonds is 6. The van der Waals surface area contributed by atoms with Gasteiger partial charge in [0.05, 0.1) is 0 Å². The number of hydrogen-bond donors (Lipinski definition) is 2. The van der Waals surface area contributed by atoms with Gasteiger partial charge in [0.1, 0.15) is 5.75 Å². The number of nitrogens with zero attached hydrogens (tertiary/aromatic N) is 3. The molecule has 1 aliphatic heterocycles. The molecule has 0 bridgehead atoms. The maximum absolute atomic E-state index is 9.34. The minimum atomic E-state index is 0.330. The van der Waals surface area contributed by atoms with E-state index in [1.807, 2.05) is 24.3 Å². The fourth-order valence-electron chi connectivity index (χ4n) is 3.31. The van der Waals surface area contributed by atoms with Crippen LogP contribution in [-0.2, 0) is 6.42 Å². The molecule has 0 spiro atoms. The number of phenolic OH excluding ortho intramolecular Hbond substituents is 1. The summed E-state index contributed by atoms with van der Waals surface area (Å²) in [6, 6.07) is 12.4. The fraction of sp³-hybridized carbons (Fsp3) is 0.474. The average molecular weight is 326 g/mol. The zero-order chi connectivity index (χ0) is 16.8. The van der Waals surface area contributed by atoms with Gasteiger partial charge in [-0.05, 0) is 62.4 Å². The number of aryl methyl sites for hydroxylation is 1. The third-order valence-electron chi connectivity index (χ3n) is 4.63. The van der Waals surface area contributed by atoms with E-state index in [2.05, 4.69) is 27.3 Å². The minimum absolute atomic E-state index is 0.330. The van der Waals surface area contributed by atoms with E-state index in [0.29, 0.717) is 17.8 Å². The van der Waals surface area contributed by atoms with Crippen LogP contribution >= 0.6 is 0 Å². The second kappa shape index (κ2) is 8.11. The van der Waals surface area contributed by atoms with Gasteiger partial charge in [-0.1, -0.05) is 12.1 Å². The average Bonchev–Trinajstić information content (AvgIpc) is 2.62. The molecule has 0 aliphatic carbocycles. The van der Waals surface area contributed by atoms with Gasteiger partial charge >= 0.3 is 0 Å². The van der Waals surface area contributed by atoms with Crippen molar-refractivity contribution in [1.82, 2.24) is 15.5 Å². The molecule has 0 radical (unpaired) electrons. The largest absolute Gasteiger partial charge is 0.508 e. The summed E-state index contributed by atoms with van der Waals surface area (Å²) in [5.74, 6) is 1.30. The number of benzene rings is 1. The van der Waals surface area contributed by atoms with E-state index in [0.717, 1.165) is 31.7 Å². The van der Waals surface area contributed by atoms with Gasteiger partial charge in [-0.25, -0.2) is 0 Å². The SMILES string of the molecule is CC(CCc1ccc(O)cc1)NC1CCCN(c2cccnn2)C1. The highest BCUT2D eigenvalue weighted by atomic mass is 16.3. The van der Waals surface area contributed by atoms with Crippen molar-refractivity contribution in [3.63, 3.8) is 0 Å². The Bertz CT molecular complexity index is 617. The van der Waals surface area contributed by atoms with E-state index in [1.54, 1.807) is 18.3 Å². The lowest BCUT2D eigenvalue weighted by Crippen LogP contribution is -2.48. The summed E-state index contributed by atoms with van der Waals surface area (Å²) in [6.07, 6.45) is 6.22. The first-order valence-corrected chi connectivity index (χ1v) is 8.77. The van der Waals surface area contributed by atoms with Crippen molar-refractivity contribution in [3.05, 3.63) is 48.2 Å². The van der Waals surface area contributed by atoms with Gasteiger partial charge < -0.3 is 15.3 Å². The van der Waals surface area contributed by atoms with Crippen molar-refractivity contribution in [2.24, 2.45) is 0 Å². The number of phenols is 1. The molecule has 2 heterocycles. The summed E-state index contributed by atoms with van der Waals surface area (Å²) < 4.78 is 0. The standard InChI is InChI=1S/C19H26N4O/c1-15(6-7-16-8-10-18(24)11-9-16)21-17-4-3-13-23(14-17)19-5-2-12-20-22-19/h2,5,8-12,15,17,21,24H,3-4,6-7,13-14H2,1H3. The van der Waals surface area contributed by atoms with Gasteiger partial charge in [-0.2, -0.15) is 5.10 Å². The van der Waals surface area contributed by atoms with Gasteiger partial charge in [0.15, 0.2) is 5.82 Å². The van der Waals surface area contributed by atoms with Crippen molar-refractivity contribution in [2.75, 3.05) is 18.0 Å². The second-order valence-corrected chi connectivity index (χ2v) is 6.64. The molecule has 128 valence electrons. The maximum Gasteiger partial charge on any atom is 0.151 e. The minimum Gasteiger partial charge on any atom is -0.508 e. The number of aromatic nitrogens is 2. The van der Waals surface area contributed by atoms with E-state index >= 15 is 0 Å². The van der Waals surface area contributed by atoms with Crippen LogP contribution in [0.4, 0.5) is 5.82 Å². The van der Waals surface area contributed by atoms with Crippen molar-refractivity contribution in [3.8, 4) is 5.75 Å². The Morgan fingerprint density at radius 2 is 2.12 bits per heavy atom. The zero-order valence-corrected chi connectivity index (χ0v) is 14.2. The van der Waals surface area contributed by atoms with Crippen LogP contribution in [0.1, 0.15) is 31.7 Å². The van der Waals surface area contributed by atoms with Crippen LogP contribution in [0, 0.1) is 0 Å². The number of aromatic hydroxyl groups is 1. The molecule has 1 fully saturated rings. The van der Waals surface area contributed by atoms with E-state index in [1.165, 1.54) is 18.4 Å². The normalized spacial score (nSPS) is 19.2. The zero-order valence-electron chi connectivity index (χ0n) is 14.2. The third-order valence-corrected chi connectivity index (χ3v) is 4.63. The Labute approximate surface area is 143 Å². The van der Waals surface area contributed by atoms with Gasteiger partial charge in [-0.3, -0.25) is 0 Å². The predicted octanol–water partition coefficient (Wildman–Crippen LogP) is 2.76. The van der Waals surface area contributed by atoms with Crippen molar-refractivity contribution in [1.29, 1.82) is 0 Å². The van der Waals surface area contributed by atoms with E-state index < -0.39 is 0 Å². The molecule has 0 saturated carbocycles. The molecule has 1 saturated heterocycles. The van der Waals surface area contributed by atoms with Crippen LogP contribution < -0.4 is 10.2 Å². The lowest BCUT2D eigenvalue weighted by molar-refractivity contribution is 0.372. The Hall–Kier alpha value is -2.14. The fourth-order valence-corrected chi connectivity index (χ4v) is 3.31. The molecule has 2 unspecified atom stereocenters. The summed E-state index contributed by atoms with van der Waals surface area (Å²) >= 11 is 0. The summed E-state index contributed by atoms with van der Waals surface area (Å²) in [6.45, 7) is 4.29. The molecule has 5 heteroatoms. The first kappa shape index (κ1) is 16.7. The molecule has 5 nitrogen and oxygen atoms in total. The van der Waals surface area contributed by atoms with Crippen LogP contribution in [0.5, 0.6) is 5.75 Å².